The molecular formula is C11H15BrN2OS. The maximum atomic E-state index is 12.4. The van der Waals surface area contributed by atoms with Gasteiger partial charge in [0.15, 0.2) is 0 Å². The highest BCUT2D eigenvalue weighted by atomic mass is 79.9. The van der Waals surface area contributed by atoms with E-state index in [0.29, 0.717) is 0 Å². The molecule has 5 heteroatoms. The molecule has 0 bridgehead atoms. The predicted octanol–water partition coefficient (Wildman–Crippen LogP) is 3.19. The molecular weight excluding hydrogens is 288 g/mol. The van der Waals surface area contributed by atoms with Crippen molar-refractivity contribution < 1.29 is 4.21 Å². The summed E-state index contributed by atoms with van der Waals surface area (Å²) < 4.78 is 19.7. The second kappa shape index (κ2) is 4.85. The third-order valence-electron chi connectivity index (χ3n) is 2.65. The van der Waals surface area contributed by atoms with Gasteiger partial charge in [0.2, 0.25) is 0 Å². The van der Waals surface area contributed by atoms with Crippen molar-refractivity contribution in [1.29, 1.82) is 0 Å². The predicted molar refractivity (Wildman–Crippen MR) is 71.1 cm³/mol. The van der Waals surface area contributed by atoms with Crippen molar-refractivity contribution in [3.8, 4) is 0 Å². The van der Waals surface area contributed by atoms with Gasteiger partial charge in [-0.1, -0.05) is 15.9 Å². The van der Waals surface area contributed by atoms with Crippen LogP contribution in [0.1, 0.15) is 12.8 Å². The summed E-state index contributed by atoms with van der Waals surface area (Å²) in [6.07, 6.45) is 3.97. The highest BCUT2D eigenvalue weighted by Gasteiger charge is 2.19. The lowest BCUT2D eigenvalue weighted by molar-refractivity contribution is 0.532. The first-order valence-electron chi connectivity index (χ1n) is 5.31. The third kappa shape index (κ3) is 2.84. The van der Waals surface area contributed by atoms with E-state index in [0.717, 1.165) is 36.1 Å². The van der Waals surface area contributed by atoms with E-state index in [-0.39, 0.29) is 0 Å². The fraction of sp³-hybridized carbons (Fsp3) is 0.455. The monoisotopic (exact) mass is 302 g/mol. The van der Waals surface area contributed by atoms with Crippen molar-refractivity contribution in [3.63, 3.8) is 0 Å². The zero-order valence-corrected chi connectivity index (χ0v) is 11.6. The molecule has 2 rings (SSSR count). The maximum absolute atomic E-state index is 12.4. The number of hydrogen-bond acceptors (Lipinski definition) is 2. The Balaban J connectivity index is 2.28. The number of benzene rings is 1. The van der Waals surface area contributed by atoms with Gasteiger partial charge < -0.3 is 0 Å². The van der Waals surface area contributed by atoms with E-state index in [1.807, 2.05) is 28.6 Å². The smallest absolute Gasteiger partial charge is 0.112 e. The normalized spacial score (nSPS) is 20.6. The Kier molecular flexibility index (Phi) is 3.66. The van der Waals surface area contributed by atoms with Crippen LogP contribution in [0.3, 0.4) is 0 Å². The van der Waals surface area contributed by atoms with Crippen molar-refractivity contribution in [1.82, 2.24) is 4.31 Å². The molecule has 0 aromatic heterocycles. The Hall–Kier alpha value is -0.390. The molecule has 0 N–H and O–H groups in total. The minimum absolute atomic E-state index is 0.780. The summed E-state index contributed by atoms with van der Waals surface area (Å²) in [6, 6.07) is 7.59. The van der Waals surface area contributed by atoms with Gasteiger partial charge in [0.05, 0.1) is 5.69 Å². The molecule has 16 heavy (non-hydrogen) atoms. The van der Waals surface area contributed by atoms with Crippen LogP contribution in [0.4, 0.5) is 5.69 Å². The Labute approximate surface area is 105 Å². The summed E-state index contributed by atoms with van der Waals surface area (Å²) in [5, 5.41) is 0. The van der Waals surface area contributed by atoms with Crippen molar-refractivity contribution in [2.24, 2.45) is 4.36 Å². The van der Waals surface area contributed by atoms with E-state index in [4.69, 9.17) is 0 Å². The van der Waals surface area contributed by atoms with Crippen molar-refractivity contribution in [2.45, 2.75) is 12.8 Å². The first kappa shape index (κ1) is 12.1. The molecule has 1 heterocycles. The van der Waals surface area contributed by atoms with E-state index in [2.05, 4.69) is 20.3 Å². The largest absolute Gasteiger partial charge is 0.234 e. The van der Waals surface area contributed by atoms with Gasteiger partial charge in [-0.15, -0.1) is 0 Å². The zero-order chi connectivity index (χ0) is 11.6. The average molecular weight is 303 g/mol. The lowest BCUT2D eigenvalue weighted by atomic mass is 10.3. The number of halogens is 1. The fourth-order valence-electron chi connectivity index (χ4n) is 1.78. The average Bonchev–Trinajstić information content (AvgIpc) is 2.75. The summed E-state index contributed by atoms with van der Waals surface area (Å²) >= 11 is 3.37. The fourth-order valence-corrected chi connectivity index (χ4v) is 3.61. The summed E-state index contributed by atoms with van der Waals surface area (Å²) in [5.41, 5.74) is 0.780. The molecule has 0 saturated carbocycles. The Morgan fingerprint density at radius 3 is 2.38 bits per heavy atom. The van der Waals surface area contributed by atoms with Crippen LogP contribution in [0.5, 0.6) is 0 Å². The molecule has 1 fully saturated rings. The summed E-state index contributed by atoms with van der Waals surface area (Å²) in [7, 11) is -2.23. The molecule has 88 valence electrons. The third-order valence-corrected chi connectivity index (χ3v) is 5.05. The molecule has 1 aliphatic heterocycles. The van der Waals surface area contributed by atoms with E-state index in [1.54, 1.807) is 6.26 Å². The van der Waals surface area contributed by atoms with Crippen molar-refractivity contribution in [3.05, 3.63) is 28.7 Å². The minimum atomic E-state index is -2.23. The molecule has 0 spiro atoms. The summed E-state index contributed by atoms with van der Waals surface area (Å²) in [6.45, 7) is 1.80. The number of hydrogen-bond donors (Lipinski definition) is 0. The highest BCUT2D eigenvalue weighted by molar-refractivity contribution is 9.10. The Bertz CT molecular complexity index is 471. The molecule has 1 aliphatic rings. The summed E-state index contributed by atoms with van der Waals surface area (Å²) in [5.74, 6) is 0. The van der Waals surface area contributed by atoms with Crippen LogP contribution in [0.25, 0.3) is 0 Å². The molecule has 1 aromatic rings. The maximum Gasteiger partial charge on any atom is 0.112 e. The molecule has 1 aromatic carbocycles. The molecule has 0 aliphatic carbocycles. The lowest BCUT2D eigenvalue weighted by Crippen LogP contribution is -2.25. The van der Waals surface area contributed by atoms with E-state index >= 15 is 0 Å². The van der Waals surface area contributed by atoms with Gasteiger partial charge in [-0.2, -0.15) is 4.36 Å². The van der Waals surface area contributed by atoms with Crippen molar-refractivity contribution >= 4 is 31.5 Å². The highest BCUT2D eigenvalue weighted by Crippen LogP contribution is 2.21. The Morgan fingerprint density at radius 2 is 1.81 bits per heavy atom. The molecule has 0 amide bonds. The van der Waals surface area contributed by atoms with E-state index in [9.17, 15) is 4.21 Å². The van der Waals surface area contributed by atoms with Crippen LogP contribution in [-0.4, -0.2) is 27.9 Å². The van der Waals surface area contributed by atoms with Gasteiger partial charge in [0.25, 0.3) is 0 Å². The molecule has 1 unspecified atom stereocenters. The van der Waals surface area contributed by atoms with Crippen LogP contribution in [0, 0.1) is 0 Å². The minimum Gasteiger partial charge on any atom is -0.234 e. The molecule has 0 radical (unpaired) electrons. The van der Waals surface area contributed by atoms with Crippen LogP contribution in [0.2, 0.25) is 0 Å². The standard InChI is InChI=1S/C11H15BrN2OS/c1-16(15,14-8-2-3-9-14)13-11-6-4-10(12)5-7-11/h4-7H,2-3,8-9H2,1H3. The zero-order valence-electron chi connectivity index (χ0n) is 9.23. The van der Waals surface area contributed by atoms with Gasteiger partial charge in [0.1, 0.15) is 9.92 Å². The van der Waals surface area contributed by atoms with Gasteiger partial charge >= 0.3 is 0 Å². The first-order chi connectivity index (χ1) is 7.58. The molecule has 1 saturated heterocycles. The Morgan fingerprint density at radius 1 is 1.25 bits per heavy atom. The van der Waals surface area contributed by atoms with E-state index in [1.165, 1.54) is 0 Å². The lowest BCUT2D eigenvalue weighted by Gasteiger charge is -2.16. The van der Waals surface area contributed by atoms with Gasteiger partial charge in [0, 0.05) is 23.8 Å². The van der Waals surface area contributed by atoms with Gasteiger partial charge in [-0.3, -0.25) is 0 Å². The number of rotatable bonds is 2. The van der Waals surface area contributed by atoms with Crippen molar-refractivity contribution in [2.75, 3.05) is 19.3 Å². The quantitative estimate of drug-likeness (QED) is 0.826. The van der Waals surface area contributed by atoms with Gasteiger partial charge in [-0.05, 0) is 37.1 Å². The second-order valence-electron chi connectivity index (χ2n) is 3.97. The summed E-state index contributed by atoms with van der Waals surface area (Å²) in [4.78, 5) is 0. The first-order valence-corrected chi connectivity index (χ1v) is 7.98. The molecule has 3 nitrogen and oxygen atoms in total. The van der Waals surface area contributed by atoms with Crippen LogP contribution >= 0.6 is 15.9 Å². The SMILES string of the molecule is CS(=O)(=Nc1ccc(Br)cc1)N1CCCC1. The van der Waals surface area contributed by atoms with Crippen LogP contribution in [-0.2, 0) is 9.92 Å². The van der Waals surface area contributed by atoms with Crippen LogP contribution in [0.15, 0.2) is 33.1 Å². The second-order valence-corrected chi connectivity index (χ2v) is 7.11. The van der Waals surface area contributed by atoms with E-state index < -0.39 is 9.92 Å². The molecule has 1 atom stereocenters. The number of nitrogens with zero attached hydrogens (tertiary/aromatic N) is 2. The van der Waals surface area contributed by atoms with Crippen LogP contribution < -0.4 is 0 Å². The topological polar surface area (TPSA) is 32.7 Å². The van der Waals surface area contributed by atoms with Gasteiger partial charge in [-0.25, -0.2) is 8.51 Å².